The van der Waals surface area contributed by atoms with E-state index >= 15 is 0 Å². The minimum absolute atomic E-state index is 0.224. The van der Waals surface area contributed by atoms with Crippen LogP contribution in [0.25, 0.3) is 0 Å². The SMILES string of the molecule is CCOc1cc(/C=N\NC(C)=O)ccc1OCc1cccc(Cl)c1. The maximum Gasteiger partial charge on any atom is 0.236 e. The summed E-state index contributed by atoms with van der Waals surface area (Å²) in [6, 6.07) is 13.0. The van der Waals surface area contributed by atoms with E-state index in [9.17, 15) is 4.79 Å². The molecule has 0 radical (unpaired) electrons. The second-order valence-corrected chi connectivity index (χ2v) is 5.42. The molecule has 0 bridgehead atoms. The fraction of sp³-hybridized carbons (Fsp3) is 0.222. The highest BCUT2D eigenvalue weighted by atomic mass is 35.5. The molecule has 2 aromatic carbocycles. The van der Waals surface area contributed by atoms with Crippen LogP contribution in [0.5, 0.6) is 11.5 Å². The first-order chi connectivity index (χ1) is 11.6. The van der Waals surface area contributed by atoms with Gasteiger partial charge in [-0.2, -0.15) is 5.10 Å². The lowest BCUT2D eigenvalue weighted by molar-refractivity contribution is -0.118. The molecule has 0 unspecified atom stereocenters. The van der Waals surface area contributed by atoms with Gasteiger partial charge in [-0.05, 0) is 48.4 Å². The number of amides is 1. The molecule has 0 spiro atoms. The van der Waals surface area contributed by atoms with Crippen LogP contribution in [0, 0.1) is 0 Å². The van der Waals surface area contributed by atoms with E-state index in [-0.39, 0.29) is 5.91 Å². The van der Waals surface area contributed by atoms with Crippen LogP contribution in [-0.2, 0) is 11.4 Å². The van der Waals surface area contributed by atoms with Gasteiger partial charge in [0.1, 0.15) is 6.61 Å². The van der Waals surface area contributed by atoms with Crippen LogP contribution >= 0.6 is 11.6 Å². The summed E-state index contributed by atoms with van der Waals surface area (Å²) in [6.07, 6.45) is 1.55. The highest BCUT2D eigenvalue weighted by Gasteiger charge is 2.07. The van der Waals surface area contributed by atoms with Gasteiger partial charge in [0, 0.05) is 11.9 Å². The van der Waals surface area contributed by atoms with Gasteiger partial charge in [0.05, 0.1) is 12.8 Å². The van der Waals surface area contributed by atoms with E-state index in [0.29, 0.717) is 29.7 Å². The summed E-state index contributed by atoms with van der Waals surface area (Å²) in [7, 11) is 0. The first-order valence-corrected chi connectivity index (χ1v) is 7.90. The predicted molar refractivity (Wildman–Crippen MR) is 94.8 cm³/mol. The Kier molecular flexibility index (Phi) is 6.63. The molecular weight excluding hydrogens is 328 g/mol. The van der Waals surface area contributed by atoms with Gasteiger partial charge in [0.2, 0.25) is 5.91 Å². The molecule has 0 fully saturated rings. The highest BCUT2D eigenvalue weighted by molar-refractivity contribution is 6.30. The van der Waals surface area contributed by atoms with Gasteiger partial charge in [-0.15, -0.1) is 0 Å². The summed E-state index contributed by atoms with van der Waals surface area (Å²) in [4.78, 5) is 10.8. The zero-order valence-corrected chi connectivity index (χ0v) is 14.3. The van der Waals surface area contributed by atoms with E-state index in [1.807, 2.05) is 49.4 Å². The Bertz CT molecular complexity index is 732. The van der Waals surface area contributed by atoms with Gasteiger partial charge in [-0.3, -0.25) is 4.79 Å². The molecule has 0 aliphatic carbocycles. The van der Waals surface area contributed by atoms with Crippen LogP contribution in [0.2, 0.25) is 5.02 Å². The molecule has 0 aliphatic rings. The number of halogens is 1. The Labute approximate surface area is 146 Å². The molecule has 0 saturated carbocycles. The molecule has 0 aliphatic heterocycles. The Hall–Kier alpha value is -2.53. The van der Waals surface area contributed by atoms with Crippen molar-refractivity contribution in [1.82, 2.24) is 5.43 Å². The Morgan fingerprint density at radius 2 is 2.04 bits per heavy atom. The number of ether oxygens (including phenoxy) is 2. The lowest BCUT2D eigenvalue weighted by Gasteiger charge is -2.12. The van der Waals surface area contributed by atoms with Gasteiger partial charge in [-0.1, -0.05) is 23.7 Å². The topological polar surface area (TPSA) is 59.9 Å². The third kappa shape index (κ3) is 5.59. The fourth-order valence-electron chi connectivity index (χ4n) is 1.98. The van der Waals surface area contributed by atoms with Crippen molar-refractivity contribution >= 4 is 23.7 Å². The molecule has 24 heavy (non-hydrogen) atoms. The minimum Gasteiger partial charge on any atom is -0.490 e. The first-order valence-electron chi connectivity index (χ1n) is 7.52. The van der Waals surface area contributed by atoms with Crippen molar-refractivity contribution in [2.75, 3.05) is 6.61 Å². The molecular formula is C18H19ClN2O3. The van der Waals surface area contributed by atoms with Gasteiger partial charge in [0.15, 0.2) is 11.5 Å². The van der Waals surface area contributed by atoms with Crippen LogP contribution in [0.3, 0.4) is 0 Å². The summed E-state index contributed by atoms with van der Waals surface area (Å²) in [5, 5.41) is 4.51. The second kappa shape index (κ2) is 8.93. The van der Waals surface area contributed by atoms with Crippen molar-refractivity contribution in [2.24, 2.45) is 5.10 Å². The summed E-state index contributed by atoms with van der Waals surface area (Å²) in [6.45, 7) is 4.20. The maximum absolute atomic E-state index is 10.8. The van der Waals surface area contributed by atoms with Crippen molar-refractivity contribution in [2.45, 2.75) is 20.5 Å². The van der Waals surface area contributed by atoms with E-state index < -0.39 is 0 Å². The number of hydrazone groups is 1. The largest absolute Gasteiger partial charge is 0.490 e. The molecule has 126 valence electrons. The van der Waals surface area contributed by atoms with Gasteiger partial charge < -0.3 is 9.47 Å². The number of rotatable bonds is 7. The average molecular weight is 347 g/mol. The van der Waals surface area contributed by atoms with Crippen molar-refractivity contribution in [3.63, 3.8) is 0 Å². The molecule has 2 aromatic rings. The van der Waals surface area contributed by atoms with Crippen LogP contribution in [0.15, 0.2) is 47.6 Å². The average Bonchev–Trinajstić information content (AvgIpc) is 2.54. The molecule has 1 amide bonds. The molecule has 0 heterocycles. The number of carbonyl (C=O) groups is 1. The predicted octanol–water partition coefficient (Wildman–Crippen LogP) is 3.79. The van der Waals surface area contributed by atoms with Gasteiger partial charge >= 0.3 is 0 Å². The quantitative estimate of drug-likeness (QED) is 0.613. The number of nitrogens with zero attached hydrogens (tertiary/aromatic N) is 1. The molecule has 6 heteroatoms. The molecule has 0 aromatic heterocycles. The normalized spacial score (nSPS) is 10.6. The first kappa shape index (κ1) is 17.8. The van der Waals surface area contributed by atoms with E-state index in [4.69, 9.17) is 21.1 Å². The van der Waals surface area contributed by atoms with Crippen molar-refractivity contribution in [1.29, 1.82) is 0 Å². The lowest BCUT2D eigenvalue weighted by Crippen LogP contribution is -2.12. The smallest absolute Gasteiger partial charge is 0.236 e. The van der Waals surface area contributed by atoms with Crippen LogP contribution in [-0.4, -0.2) is 18.7 Å². The van der Waals surface area contributed by atoms with Crippen molar-refractivity contribution in [3.8, 4) is 11.5 Å². The zero-order valence-electron chi connectivity index (χ0n) is 13.6. The number of carbonyl (C=O) groups excluding carboxylic acids is 1. The number of hydrogen-bond acceptors (Lipinski definition) is 4. The van der Waals surface area contributed by atoms with Gasteiger partial charge in [-0.25, -0.2) is 5.43 Å². The van der Waals surface area contributed by atoms with Crippen molar-refractivity contribution in [3.05, 3.63) is 58.6 Å². The van der Waals surface area contributed by atoms with E-state index in [1.54, 1.807) is 6.21 Å². The van der Waals surface area contributed by atoms with Crippen LogP contribution in [0.1, 0.15) is 25.0 Å². The summed E-state index contributed by atoms with van der Waals surface area (Å²) < 4.78 is 11.4. The molecule has 5 nitrogen and oxygen atoms in total. The Morgan fingerprint density at radius 1 is 1.21 bits per heavy atom. The minimum atomic E-state index is -0.224. The number of nitrogens with one attached hydrogen (secondary N) is 1. The maximum atomic E-state index is 10.8. The van der Waals surface area contributed by atoms with Crippen LogP contribution in [0.4, 0.5) is 0 Å². The summed E-state index contributed by atoms with van der Waals surface area (Å²) >= 11 is 5.97. The fourth-order valence-corrected chi connectivity index (χ4v) is 2.19. The molecule has 2 rings (SSSR count). The third-order valence-corrected chi connectivity index (χ3v) is 3.22. The standard InChI is InChI=1S/C18H19ClN2O3/c1-3-23-18-10-14(11-20-21-13(2)22)7-8-17(18)24-12-15-5-4-6-16(19)9-15/h4-11H,3,12H2,1-2H3,(H,21,22)/b20-11-. The molecule has 0 saturated heterocycles. The lowest BCUT2D eigenvalue weighted by atomic mass is 10.2. The van der Waals surface area contributed by atoms with E-state index in [2.05, 4.69) is 10.5 Å². The second-order valence-electron chi connectivity index (χ2n) is 4.98. The van der Waals surface area contributed by atoms with Crippen molar-refractivity contribution < 1.29 is 14.3 Å². The highest BCUT2D eigenvalue weighted by Crippen LogP contribution is 2.29. The zero-order chi connectivity index (χ0) is 17.4. The van der Waals surface area contributed by atoms with E-state index in [0.717, 1.165) is 11.1 Å². The summed E-state index contributed by atoms with van der Waals surface area (Å²) in [5.74, 6) is 1.03. The number of hydrogen-bond donors (Lipinski definition) is 1. The third-order valence-electron chi connectivity index (χ3n) is 2.99. The molecule has 1 N–H and O–H groups in total. The van der Waals surface area contributed by atoms with Crippen LogP contribution < -0.4 is 14.9 Å². The number of benzene rings is 2. The Balaban J connectivity index is 2.10. The Morgan fingerprint density at radius 3 is 2.75 bits per heavy atom. The monoisotopic (exact) mass is 346 g/mol. The molecule has 0 atom stereocenters. The van der Waals surface area contributed by atoms with E-state index in [1.165, 1.54) is 6.92 Å². The summed E-state index contributed by atoms with van der Waals surface area (Å²) in [5.41, 5.74) is 4.13. The van der Waals surface area contributed by atoms with Gasteiger partial charge in [0.25, 0.3) is 0 Å².